The van der Waals surface area contributed by atoms with Gasteiger partial charge in [0.05, 0.1) is 0 Å². The molecule has 118 valence electrons. The molecule has 3 nitrogen and oxygen atoms in total. The van der Waals surface area contributed by atoms with Crippen LogP contribution in [0.25, 0.3) is 0 Å². The van der Waals surface area contributed by atoms with Gasteiger partial charge in [-0.05, 0) is 31.0 Å². The number of benzene rings is 1. The molecule has 1 saturated heterocycles. The molecule has 3 heteroatoms. The lowest BCUT2D eigenvalue weighted by atomic mass is 10.0. The third-order valence-corrected chi connectivity index (χ3v) is 4.48. The molecule has 0 aromatic heterocycles. The summed E-state index contributed by atoms with van der Waals surface area (Å²) in [5.41, 5.74) is 1.43. The molecule has 0 unspecified atom stereocenters. The number of nitrogens with zero attached hydrogens (tertiary/aromatic N) is 2. The molecule has 0 bridgehead atoms. The van der Waals surface area contributed by atoms with Crippen molar-refractivity contribution in [3.05, 3.63) is 35.9 Å². The van der Waals surface area contributed by atoms with E-state index in [1.807, 2.05) is 0 Å². The van der Waals surface area contributed by atoms with Crippen LogP contribution in [0.2, 0.25) is 0 Å². The molecule has 1 heterocycles. The van der Waals surface area contributed by atoms with Gasteiger partial charge < -0.3 is 15.1 Å². The molecule has 1 aliphatic rings. The van der Waals surface area contributed by atoms with E-state index in [2.05, 4.69) is 66.3 Å². The molecule has 21 heavy (non-hydrogen) atoms. The molecule has 0 saturated carbocycles. The van der Waals surface area contributed by atoms with Gasteiger partial charge in [0.25, 0.3) is 0 Å². The Hall–Kier alpha value is -0.900. The van der Waals surface area contributed by atoms with Crippen LogP contribution in [0, 0.1) is 5.92 Å². The van der Waals surface area contributed by atoms with Gasteiger partial charge in [0.1, 0.15) is 0 Å². The third kappa shape index (κ3) is 5.77. The lowest BCUT2D eigenvalue weighted by Gasteiger charge is -2.34. The lowest BCUT2D eigenvalue weighted by molar-refractivity contribution is 0.138. The van der Waals surface area contributed by atoms with Gasteiger partial charge in [-0.2, -0.15) is 0 Å². The van der Waals surface area contributed by atoms with Gasteiger partial charge in [0.15, 0.2) is 0 Å². The second kappa shape index (κ2) is 8.52. The Labute approximate surface area is 130 Å². The molecule has 1 fully saturated rings. The highest BCUT2D eigenvalue weighted by Crippen LogP contribution is 2.13. The van der Waals surface area contributed by atoms with Crippen molar-refractivity contribution in [2.45, 2.75) is 19.8 Å². The number of hydrogen-bond acceptors (Lipinski definition) is 3. The minimum Gasteiger partial charge on any atom is -0.316 e. The van der Waals surface area contributed by atoms with Crippen LogP contribution in [0.5, 0.6) is 0 Å². The highest BCUT2D eigenvalue weighted by Gasteiger charge is 2.16. The van der Waals surface area contributed by atoms with E-state index in [1.165, 1.54) is 38.3 Å². The summed E-state index contributed by atoms with van der Waals surface area (Å²) in [7, 11) is 2.22. The van der Waals surface area contributed by atoms with Crippen LogP contribution in [0.3, 0.4) is 0 Å². The standard InChI is InChI=1S/C18H31N3/c1-16(15-21-11-9-20(3)10-12-21)13-19-14-17(2)18-7-5-4-6-8-18/h4-8,16-17,19H,9-15H2,1-3H3/t16-,17+/m0/s1. The minimum atomic E-state index is 0.585. The van der Waals surface area contributed by atoms with Gasteiger partial charge in [-0.25, -0.2) is 0 Å². The van der Waals surface area contributed by atoms with Crippen LogP contribution in [0.4, 0.5) is 0 Å². The van der Waals surface area contributed by atoms with Crippen LogP contribution < -0.4 is 5.32 Å². The summed E-state index contributed by atoms with van der Waals surface area (Å²) in [4.78, 5) is 5.02. The van der Waals surface area contributed by atoms with Crippen molar-refractivity contribution >= 4 is 0 Å². The maximum atomic E-state index is 3.64. The zero-order valence-corrected chi connectivity index (χ0v) is 13.9. The smallest absolute Gasteiger partial charge is 0.0110 e. The van der Waals surface area contributed by atoms with Crippen molar-refractivity contribution in [1.82, 2.24) is 15.1 Å². The molecule has 0 radical (unpaired) electrons. The Kier molecular flexibility index (Phi) is 6.68. The Bertz CT molecular complexity index is 385. The van der Waals surface area contributed by atoms with Crippen LogP contribution in [0.15, 0.2) is 30.3 Å². The fraction of sp³-hybridized carbons (Fsp3) is 0.667. The fourth-order valence-electron chi connectivity index (χ4n) is 2.98. The van der Waals surface area contributed by atoms with Crippen molar-refractivity contribution in [1.29, 1.82) is 0 Å². The van der Waals surface area contributed by atoms with Crippen LogP contribution in [0.1, 0.15) is 25.3 Å². The minimum absolute atomic E-state index is 0.585. The molecule has 1 aromatic carbocycles. The predicted octanol–water partition coefficient (Wildman–Crippen LogP) is 2.26. The fourth-order valence-corrected chi connectivity index (χ4v) is 2.98. The van der Waals surface area contributed by atoms with Gasteiger partial charge in [0, 0.05) is 39.3 Å². The molecule has 0 spiro atoms. The maximum absolute atomic E-state index is 3.64. The Balaban J connectivity index is 1.62. The highest BCUT2D eigenvalue weighted by atomic mass is 15.2. The molecule has 1 aliphatic heterocycles. The van der Waals surface area contributed by atoms with E-state index in [4.69, 9.17) is 0 Å². The maximum Gasteiger partial charge on any atom is 0.0110 e. The summed E-state index contributed by atoms with van der Waals surface area (Å²) in [6.07, 6.45) is 0. The average Bonchev–Trinajstić information content (AvgIpc) is 2.50. The molecular formula is C18H31N3. The van der Waals surface area contributed by atoms with Crippen molar-refractivity contribution in [3.8, 4) is 0 Å². The molecule has 1 aromatic rings. The first-order valence-corrected chi connectivity index (χ1v) is 8.31. The molecule has 2 atom stereocenters. The van der Waals surface area contributed by atoms with E-state index in [0.29, 0.717) is 5.92 Å². The normalized spacial score (nSPS) is 20.3. The second-order valence-electron chi connectivity index (χ2n) is 6.68. The molecule has 0 aliphatic carbocycles. The first kappa shape index (κ1) is 16.5. The Morgan fingerprint density at radius 1 is 1.00 bits per heavy atom. The SMILES string of the molecule is C[C@@H](CNC[C@@H](C)c1ccccc1)CN1CCN(C)CC1. The van der Waals surface area contributed by atoms with E-state index in [-0.39, 0.29) is 0 Å². The van der Waals surface area contributed by atoms with Crippen LogP contribution in [-0.4, -0.2) is 62.7 Å². The largest absolute Gasteiger partial charge is 0.316 e. The van der Waals surface area contributed by atoms with Gasteiger partial charge in [-0.15, -0.1) is 0 Å². The zero-order valence-electron chi connectivity index (χ0n) is 13.9. The number of rotatable bonds is 7. The topological polar surface area (TPSA) is 18.5 Å². The first-order valence-electron chi connectivity index (χ1n) is 8.31. The Morgan fingerprint density at radius 2 is 1.67 bits per heavy atom. The second-order valence-corrected chi connectivity index (χ2v) is 6.68. The first-order chi connectivity index (χ1) is 10.1. The van der Waals surface area contributed by atoms with Gasteiger partial charge in [-0.1, -0.05) is 44.2 Å². The van der Waals surface area contributed by atoms with Crippen molar-refractivity contribution in [2.24, 2.45) is 5.92 Å². The van der Waals surface area contributed by atoms with Crippen molar-refractivity contribution < 1.29 is 0 Å². The van der Waals surface area contributed by atoms with E-state index in [0.717, 1.165) is 19.0 Å². The number of hydrogen-bond donors (Lipinski definition) is 1. The predicted molar refractivity (Wildman–Crippen MR) is 90.8 cm³/mol. The quantitative estimate of drug-likeness (QED) is 0.831. The number of piperazine rings is 1. The van der Waals surface area contributed by atoms with E-state index >= 15 is 0 Å². The summed E-state index contributed by atoms with van der Waals surface area (Å²) in [6, 6.07) is 10.8. The molecule has 1 N–H and O–H groups in total. The number of likely N-dealkylation sites (N-methyl/N-ethyl adjacent to an activating group) is 1. The average molecular weight is 289 g/mol. The Morgan fingerprint density at radius 3 is 2.33 bits per heavy atom. The molecular weight excluding hydrogens is 258 g/mol. The van der Waals surface area contributed by atoms with Gasteiger partial charge in [0.2, 0.25) is 0 Å². The molecule has 0 amide bonds. The summed E-state index contributed by atoms with van der Waals surface area (Å²) in [6.45, 7) is 12.9. The van der Waals surface area contributed by atoms with Crippen LogP contribution in [-0.2, 0) is 0 Å². The van der Waals surface area contributed by atoms with E-state index < -0.39 is 0 Å². The lowest BCUT2D eigenvalue weighted by Crippen LogP contribution is -2.46. The van der Waals surface area contributed by atoms with Gasteiger partial charge >= 0.3 is 0 Å². The highest BCUT2D eigenvalue weighted by molar-refractivity contribution is 5.18. The third-order valence-electron chi connectivity index (χ3n) is 4.48. The van der Waals surface area contributed by atoms with E-state index in [1.54, 1.807) is 0 Å². The summed E-state index contributed by atoms with van der Waals surface area (Å²) < 4.78 is 0. The monoisotopic (exact) mass is 289 g/mol. The summed E-state index contributed by atoms with van der Waals surface area (Å²) >= 11 is 0. The van der Waals surface area contributed by atoms with E-state index in [9.17, 15) is 0 Å². The van der Waals surface area contributed by atoms with Crippen molar-refractivity contribution in [3.63, 3.8) is 0 Å². The molecule has 2 rings (SSSR count). The number of nitrogens with one attached hydrogen (secondary N) is 1. The summed E-state index contributed by atoms with van der Waals surface area (Å²) in [5.74, 6) is 1.30. The van der Waals surface area contributed by atoms with Gasteiger partial charge in [-0.3, -0.25) is 0 Å². The zero-order chi connectivity index (χ0) is 15.1. The van der Waals surface area contributed by atoms with Crippen LogP contribution >= 0.6 is 0 Å². The van der Waals surface area contributed by atoms with Crippen molar-refractivity contribution in [2.75, 3.05) is 52.9 Å². The summed E-state index contributed by atoms with van der Waals surface area (Å²) in [5, 5.41) is 3.64.